The van der Waals surface area contributed by atoms with E-state index in [4.69, 9.17) is 9.47 Å². The van der Waals surface area contributed by atoms with Gasteiger partial charge < -0.3 is 9.47 Å². The molecule has 27 heavy (non-hydrogen) atoms. The Morgan fingerprint density at radius 2 is 2.15 bits per heavy atom. The van der Waals surface area contributed by atoms with E-state index in [1.807, 2.05) is 22.9 Å². The second-order valence-electron chi connectivity index (χ2n) is 6.86. The average molecular weight is 394 g/mol. The van der Waals surface area contributed by atoms with Crippen LogP contribution in [0.4, 0.5) is 5.69 Å². The Hall–Kier alpha value is -2.10. The Kier molecular flexibility index (Phi) is 6.03. The fourth-order valence-electron chi connectivity index (χ4n) is 3.52. The molecule has 0 saturated carbocycles. The molecule has 1 fully saturated rings. The van der Waals surface area contributed by atoms with Crippen LogP contribution < -0.4 is 9.46 Å². The van der Waals surface area contributed by atoms with Crippen molar-refractivity contribution in [3.05, 3.63) is 42.2 Å². The van der Waals surface area contributed by atoms with E-state index < -0.39 is 10.0 Å². The number of hydrogen-bond acceptors (Lipinski definition) is 6. The van der Waals surface area contributed by atoms with Crippen LogP contribution in [0.25, 0.3) is 0 Å². The number of rotatable bonds is 8. The topological polar surface area (TPSA) is 85.7 Å². The lowest BCUT2D eigenvalue weighted by Crippen LogP contribution is -2.32. The number of aromatic nitrogens is 2. The maximum Gasteiger partial charge on any atom is 0.229 e. The van der Waals surface area contributed by atoms with Gasteiger partial charge in [-0.3, -0.25) is 14.3 Å². The smallest absolute Gasteiger partial charge is 0.229 e. The molecule has 0 spiro atoms. The Labute approximate surface area is 160 Å². The average Bonchev–Trinajstić information content (AvgIpc) is 3.21. The van der Waals surface area contributed by atoms with Crippen LogP contribution in [0.5, 0.6) is 5.75 Å². The van der Waals surface area contributed by atoms with Gasteiger partial charge in [0.1, 0.15) is 5.75 Å². The van der Waals surface area contributed by atoms with Gasteiger partial charge in [0.05, 0.1) is 37.9 Å². The summed E-state index contributed by atoms with van der Waals surface area (Å²) in [5.74, 6) is 0.843. The van der Waals surface area contributed by atoms with Crippen molar-refractivity contribution in [1.82, 2.24) is 14.7 Å². The predicted molar refractivity (Wildman–Crippen MR) is 103 cm³/mol. The first-order valence-corrected chi connectivity index (χ1v) is 10.6. The first kappa shape index (κ1) is 19.7. The summed E-state index contributed by atoms with van der Waals surface area (Å²) in [6.07, 6.45) is 5.30. The van der Waals surface area contributed by atoms with Gasteiger partial charge in [0, 0.05) is 32.4 Å². The summed E-state index contributed by atoms with van der Waals surface area (Å²) in [5.41, 5.74) is 1.66. The van der Waals surface area contributed by atoms with E-state index in [1.54, 1.807) is 20.4 Å². The molecule has 1 saturated heterocycles. The lowest BCUT2D eigenvalue weighted by molar-refractivity contribution is 0.112. The molecule has 9 heteroatoms. The first-order valence-electron chi connectivity index (χ1n) is 8.76. The molecule has 0 bridgehead atoms. The zero-order chi connectivity index (χ0) is 19.4. The summed E-state index contributed by atoms with van der Waals surface area (Å²) in [4.78, 5) is 2.37. The van der Waals surface area contributed by atoms with Crippen LogP contribution >= 0.6 is 0 Å². The predicted octanol–water partition coefficient (Wildman–Crippen LogP) is 1.73. The minimum absolute atomic E-state index is 0.158. The van der Waals surface area contributed by atoms with Gasteiger partial charge in [-0.2, -0.15) is 5.10 Å². The van der Waals surface area contributed by atoms with E-state index in [2.05, 4.69) is 20.8 Å². The molecule has 0 amide bonds. The summed E-state index contributed by atoms with van der Waals surface area (Å²) in [7, 11) is 0.0622. The molecule has 0 aliphatic carbocycles. The molecule has 0 unspecified atom stereocenters. The summed E-state index contributed by atoms with van der Waals surface area (Å²) < 4.78 is 37.8. The highest BCUT2D eigenvalue weighted by Gasteiger charge is 2.33. The number of anilines is 1. The van der Waals surface area contributed by atoms with Gasteiger partial charge in [-0.15, -0.1) is 0 Å². The quantitative estimate of drug-likeness (QED) is 0.734. The van der Waals surface area contributed by atoms with E-state index in [9.17, 15) is 8.42 Å². The fourth-order valence-corrected chi connectivity index (χ4v) is 4.05. The monoisotopic (exact) mass is 394 g/mol. The van der Waals surface area contributed by atoms with Crippen LogP contribution in [0.1, 0.15) is 18.0 Å². The molecule has 0 radical (unpaired) electrons. The first-order chi connectivity index (χ1) is 12.9. The number of nitrogens with zero attached hydrogens (tertiary/aromatic N) is 3. The van der Waals surface area contributed by atoms with Crippen molar-refractivity contribution in [1.29, 1.82) is 0 Å². The largest absolute Gasteiger partial charge is 0.497 e. The Balaban J connectivity index is 1.72. The summed E-state index contributed by atoms with van der Waals surface area (Å²) in [6, 6.07) is 8.47. The standard InChI is InChI=1S/C18H26N4O4S/c1-25-13-17-8-16(22-11-15(9-19-22)20-27(3,23)24)12-21(17)10-14-5-4-6-18(7-14)26-2/h4-7,9,11,16-17,20H,8,10,12-13H2,1-3H3/t16-,17-/m0/s1. The van der Waals surface area contributed by atoms with Gasteiger partial charge in [0.2, 0.25) is 10.0 Å². The maximum absolute atomic E-state index is 11.4. The third kappa shape index (κ3) is 5.21. The number of ether oxygens (including phenoxy) is 2. The third-order valence-electron chi connectivity index (χ3n) is 4.66. The van der Waals surface area contributed by atoms with Crippen molar-refractivity contribution in [3.8, 4) is 5.75 Å². The maximum atomic E-state index is 11.4. The zero-order valence-electron chi connectivity index (χ0n) is 15.8. The molecule has 1 aromatic carbocycles. The third-order valence-corrected chi connectivity index (χ3v) is 5.27. The van der Waals surface area contributed by atoms with Gasteiger partial charge in [0.15, 0.2) is 0 Å². The van der Waals surface area contributed by atoms with Crippen LogP contribution in [0.3, 0.4) is 0 Å². The van der Waals surface area contributed by atoms with E-state index in [0.29, 0.717) is 12.3 Å². The van der Waals surface area contributed by atoms with Crippen LogP contribution in [-0.4, -0.2) is 62.8 Å². The molecule has 8 nitrogen and oxygen atoms in total. The Morgan fingerprint density at radius 3 is 2.85 bits per heavy atom. The van der Waals surface area contributed by atoms with Crippen molar-refractivity contribution >= 4 is 15.7 Å². The fraction of sp³-hybridized carbons (Fsp3) is 0.500. The van der Waals surface area contributed by atoms with Crippen molar-refractivity contribution in [2.75, 3.05) is 38.3 Å². The Bertz CT molecular complexity index is 868. The lowest BCUT2D eigenvalue weighted by atomic mass is 10.1. The molecule has 1 aliphatic rings. The molecule has 2 heterocycles. The number of nitrogens with one attached hydrogen (secondary N) is 1. The van der Waals surface area contributed by atoms with Gasteiger partial charge in [0.25, 0.3) is 0 Å². The molecular weight excluding hydrogens is 368 g/mol. The van der Waals surface area contributed by atoms with E-state index in [0.717, 1.165) is 31.5 Å². The molecule has 2 atom stereocenters. The number of sulfonamides is 1. The summed E-state index contributed by atoms with van der Waals surface area (Å²) in [6.45, 7) is 2.23. The van der Waals surface area contributed by atoms with Gasteiger partial charge in [-0.1, -0.05) is 12.1 Å². The molecule has 1 aromatic heterocycles. The number of benzene rings is 1. The highest BCUT2D eigenvalue weighted by molar-refractivity contribution is 7.92. The van der Waals surface area contributed by atoms with Gasteiger partial charge in [-0.05, 0) is 24.1 Å². The number of likely N-dealkylation sites (tertiary alicyclic amines) is 1. The minimum Gasteiger partial charge on any atom is -0.497 e. The molecule has 148 valence electrons. The van der Waals surface area contributed by atoms with Crippen LogP contribution in [0, 0.1) is 0 Å². The molecule has 1 N–H and O–H groups in total. The second-order valence-corrected chi connectivity index (χ2v) is 8.61. The van der Waals surface area contributed by atoms with Gasteiger partial charge >= 0.3 is 0 Å². The van der Waals surface area contributed by atoms with E-state index in [-0.39, 0.29) is 12.1 Å². The number of hydrogen-bond donors (Lipinski definition) is 1. The van der Waals surface area contributed by atoms with Crippen LogP contribution in [0.2, 0.25) is 0 Å². The van der Waals surface area contributed by atoms with Gasteiger partial charge in [-0.25, -0.2) is 8.42 Å². The van der Waals surface area contributed by atoms with E-state index >= 15 is 0 Å². The van der Waals surface area contributed by atoms with Crippen LogP contribution in [0.15, 0.2) is 36.7 Å². The van der Waals surface area contributed by atoms with Crippen molar-refractivity contribution in [2.24, 2.45) is 0 Å². The minimum atomic E-state index is -3.31. The molecular formula is C18H26N4O4S. The SMILES string of the molecule is COC[C@@H]1C[C@H](n2cc(NS(C)(=O)=O)cn2)CN1Cc1cccc(OC)c1. The zero-order valence-corrected chi connectivity index (χ0v) is 16.6. The van der Waals surface area contributed by atoms with Crippen molar-refractivity contribution in [2.45, 2.75) is 25.0 Å². The van der Waals surface area contributed by atoms with Crippen LogP contribution in [-0.2, 0) is 21.3 Å². The number of methoxy groups -OCH3 is 2. The highest BCUT2D eigenvalue weighted by Crippen LogP contribution is 2.30. The lowest BCUT2D eigenvalue weighted by Gasteiger charge is -2.23. The van der Waals surface area contributed by atoms with Crippen molar-refractivity contribution in [3.63, 3.8) is 0 Å². The van der Waals surface area contributed by atoms with Crippen molar-refractivity contribution < 1.29 is 17.9 Å². The molecule has 2 aromatic rings. The normalized spacial score (nSPS) is 20.7. The Morgan fingerprint density at radius 1 is 1.33 bits per heavy atom. The van der Waals surface area contributed by atoms with E-state index in [1.165, 1.54) is 11.8 Å². The summed E-state index contributed by atoms with van der Waals surface area (Å²) in [5, 5.41) is 4.35. The second kappa shape index (κ2) is 8.28. The summed E-state index contributed by atoms with van der Waals surface area (Å²) >= 11 is 0. The molecule has 1 aliphatic heterocycles. The highest BCUT2D eigenvalue weighted by atomic mass is 32.2. The molecule has 3 rings (SSSR count).